The van der Waals surface area contributed by atoms with Crippen LogP contribution in [0.15, 0.2) is 12.1 Å². The second-order valence-electron chi connectivity index (χ2n) is 3.88. The van der Waals surface area contributed by atoms with Gasteiger partial charge in [-0.15, -0.1) is 0 Å². The summed E-state index contributed by atoms with van der Waals surface area (Å²) in [5, 5.41) is 11.6. The van der Waals surface area contributed by atoms with Crippen LogP contribution >= 0.6 is 0 Å². The summed E-state index contributed by atoms with van der Waals surface area (Å²) in [6, 6.07) is 1.53. The van der Waals surface area contributed by atoms with Crippen LogP contribution in [-0.2, 0) is 4.74 Å². The predicted octanol–water partition coefficient (Wildman–Crippen LogP) is 1.23. The lowest BCUT2D eigenvalue weighted by molar-refractivity contribution is 0.0587. The lowest BCUT2D eigenvalue weighted by Crippen LogP contribution is -2.29. The number of ether oxygens (including phenoxy) is 1. The van der Waals surface area contributed by atoms with Gasteiger partial charge in [-0.3, -0.25) is 4.79 Å². The van der Waals surface area contributed by atoms with Crippen LogP contribution in [0.1, 0.15) is 16.8 Å². The predicted molar refractivity (Wildman–Crippen MR) is 61.1 cm³/mol. The minimum Gasteiger partial charge on any atom is -0.391 e. The van der Waals surface area contributed by atoms with E-state index in [2.05, 4.69) is 10.1 Å². The lowest BCUT2D eigenvalue weighted by Gasteiger charge is -2.10. The Morgan fingerprint density at radius 2 is 2.05 bits per heavy atom. The van der Waals surface area contributed by atoms with Gasteiger partial charge in [0.1, 0.15) is 0 Å². The van der Waals surface area contributed by atoms with Crippen molar-refractivity contribution in [1.29, 1.82) is 0 Å². The Morgan fingerprint density at radius 1 is 1.37 bits per heavy atom. The minimum absolute atomic E-state index is 0.0573. The van der Waals surface area contributed by atoms with Crippen molar-refractivity contribution in [2.45, 2.75) is 12.5 Å². The maximum atomic E-state index is 13.3. The lowest BCUT2D eigenvalue weighted by atomic mass is 10.1. The fourth-order valence-corrected chi connectivity index (χ4v) is 1.42. The number of hydrogen-bond acceptors (Lipinski definition) is 3. The van der Waals surface area contributed by atoms with Crippen LogP contribution in [0.2, 0.25) is 0 Å². The number of carbonyl (C=O) groups excluding carboxylic acids is 1. The van der Waals surface area contributed by atoms with Crippen molar-refractivity contribution in [3.63, 3.8) is 0 Å². The Balaban J connectivity index is 2.57. The molecule has 1 amide bonds. The maximum absolute atomic E-state index is 13.3. The molecule has 0 bridgehead atoms. The molecule has 0 aliphatic heterocycles. The molecule has 0 spiro atoms. The van der Waals surface area contributed by atoms with Crippen LogP contribution in [0.5, 0.6) is 0 Å². The summed E-state index contributed by atoms with van der Waals surface area (Å²) < 4.78 is 43.5. The molecule has 1 rings (SSSR count). The molecule has 0 aromatic heterocycles. The van der Waals surface area contributed by atoms with Gasteiger partial charge in [0.2, 0.25) is 0 Å². The van der Waals surface area contributed by atoms with Crippen molar-refractivity contribution < 1.29 is 27.8 Å². The van der Waals surface area contributed by atoms with Crippen molar-refractivity contribution in [2.24, 2.45) is 0 Å². The fraction of sp³-hybridized carbons (Fsp3) is 0.417. The Labute approximate surface area is 108 Å². The summed E-state index contributed by atoms with van der Waals surface area (Å²) in [7, 11) is 1.42. The molecule has 106 valence electrons. The first-order valence-corrected chi connectivity index (χ1v) is 5.56. The van der Waals surface area contributed by atoms with E-state index in [-0.39, 0.29) is 19.6 Å². The normalized spacial score (nSPS) is 12.3. The van der Waals surface area contributed by atoms with Crippen LogP contribution in [-0.4, -0.2) is 37.4 Å². The van der Waals surface area contributed by atoms with E-state index in [1.807, 2.05) is 0 Å². The number of hydrogen-bond donors (Lipinski definition) is 2. The molecule has 0 heterocycles. The molecule has 0 radical (unpaired) electrons. The van der Waals surface area contributed by atoms with Gasteiger partial charge in [0.05, 0.1) is 18.3 Å². The molecule has 0 aliphatic carbocycles. The molecular weight excluding hydrogens is 263 g/mol. The van der Waals surface area contributed by atoms with Gasteiger partial charge < -0.3 is 15.2 Å². The van der Waals surface area contributed by atoms with Crippen molar-refractivity contribution in [2.75, 3.05) is 20.3 Å². The van der Waals surface area contributed by atoms with Crippen molar-refractivity contribution in [3.05, 3.63) is 35.1 Å². The third kappa shape index (κ3) is 4.22. The number of aliphatic hydroxyl groups is 1. The average Bonchev–Trinajstić information content (AvgIpc) is 2.36. The molecule has 7 heteroatoms. The number of aliphatic hydroxyl groups excluding tert-OH is 1. The van der Waals surface area contributed by atoms with E-state index in [0.29, 0.717) is 6.07 Å². The molecule has 1 aromatic rings. The molecule has 2 N–H and O–H groups in total. The summed E-state index contributed by atoms with van der Waals surface area (Å²) in [6.45, 7) is 0.164. The molecule has 0 aliphatic rings. The summed E-state index contributed by atoms with van der Waals surface area (Å²) in [4.78, 5) is 11.5. The highest BCUT2D eigenvalue weighted by Crippen LogP contribution is 2.14. The zero-order valence-corrected chi connectivity index (χ0v) is 10.3. The molecule has 19 heavy (non-hydrogen) atoms. The second kappa shape index (κ2) is 7.10. The summed E-state index contributed by atoms with van der Waals surface area (Å²) in [6.07, 6.45) is -0.565. The van der Waals surface area contributed by atoms with Crippen molar-refractivity contribution in [1.82, 2.24) is 5.32 Å². The first-order valence-electron chi connectivity index (χ1n) is 5.56. The molecule has 1 atom stereocenters. The summed E-state index contributed by atoms with van der Waals surface area (Å²) in [5.74, 6) is -5.45. The first-order chi connectivity index (χ1) is 8.97. The molecular formula is C12H14F3NO3. The van der Waals surface area contributed by atoms with Gasteiger partial charge in [-0.05, 0) is 18.6 Å². The van der Waals surface area contributed by atoms with Crippen LogP contribution < -0.4 is 5.32 Å². The van der Waals surface area contributed by atoms with Gasteiger partial charge in [-0.25, -0.2) is 13.2 Å². The van der Waals surface area contributed by atoms with Gasteiger partial charge in [-0.2, -0.15) is 0 Å². The van der Waals surface area contributed by atoms with Gasteiger partial charge in [0, 0.05) is 13.7 Å². The Bertz CT molecular complexity index is 454. The number of benzene rings is 1. The van der Waals surface area contributed by atoms with Crippen LogP contribution in [0, 0.1) is 17.5 Å². The van der Waals surface area contributed by atoms with Gasteiger partial charge >= 0.3 is 0 Å². The zero-order chi connectivity index (χ0) is 14.4. The van der Waals surface area contributed by atoms with Crippen LogP contribution in [0.3, 0.4) is 0 Å². The van der Waals surface area contributed by atoms with E-state index < -0.39 is 35.0 Å². The number of halogens is 3. The van der Waals surface area contributed by atoms with Gasteiger partial charge in [0.15, 0.2) is 17.5 Å². The first kappa shape index (κ1) is 15.5. The smallest absolute Gasteiger partial charge is 0.254 e. The van der Waals surface area contributed by atoms with Crippen LogP contribution in [0.4, 0.5) is 13.2 Å². The quantitative estimate of drug-likeness (QED) is 0.769. The van der Waals surface area contributed by atoms with E-state index in [1.165, 1.54) is 7.11 Å². The maximum Gasteiger partial charge on any atom is 0.254 e. The summed E-state index contributed by atoms with van der Waals surface area (Å²) >= 11 is 0. The highest BCUT2D eigenvalue weighted by Gasteiger charge is 2.18. The summed E-state index contributed by atoms with van der Waals surface area (Å²) in [5.41, 5.74) is -0.583. The molecule has 0 fully saturated rings. The highest BCUT2D eigenvalue weighted by molar-refractivity contribution is 5.94. The Kier molecular flexibility index (Phi) is 5.78. The van der Waals surface area contributed by atoms with Crippen molar-refractivity contribution >= 4 is 5.91 Å². The van der Waals surface area contributed by atoms with E-state index in [1.54, 1.807) is 0 Å². The fourth-order valence-electron chi connectivity index (χ4n) is 1.42. The molecule has 4 nitrogen and oxygen atoms in total. The molecule has 0 saturated carbocycles. The molecule has 1 unspecified atom stereocenters. The number of carbonyl (C=O) groups is 1. The second-order valence-corrected chi connectivity index (χ2v) is 3.88. The number of rotatable bonds is 6. The van der Waals surface area contributed by atoms with E-state index in [9.17, 15) is 23.1 Å². The van der Waals surface area contributed by atoms with Gasteiger partial charge in [0.25, 0.3) is 5.91 Å². The van der Waals surface area contributed by atoms with Gasteiger partial charge in [-0.1, -0.05) is 0 Å². The zero-order valence-electron chi connectivity index (χ0n) is 10.3. The topological polar surface area (TPSA) is 58.6 Å². The highest BCUT2D eigenvalue weighted by atomic mass is 19.2. The standard InChI is InChI=1S/C12H14F3NO3/c1-19-6-7(17)4-5-16-12(18)8-2-3-9(13)11(15)10(8)14/h2-3,7,17H,4-6H2,1H3,(H,16,18). The number of nitrogens with one attached hydrogen (secondary N) is 1. The van der Waals surface area contributed by atoms with E-state index in [0.717, 1.165) is 6.07 Å². The van der Waals surface area contributed by atoms with Crippen LogP contribution in [0.25, 0.3) is 0 Å². The third-order valence-electron chi connectivity index (χ3n) is 2.40. The third-order valence-corrected chi connectivity index (χ3v) is 2.40. The Morgan fingerprint density at radius 3 is 2.68 bits per heavy atom. The Hall–Kier alpha value is -1.60. The van der Waals surface area contributed by atoms with E-state index >= 15 is 0 Å². The monoisotopic (exact) mass is 277 g/mol. The number of methoxy groups -OCH3 is 1. The van der Waals surface area contributed by atoms with E-state index in [4.69, 9.17) is 0 Å². The van der Waals surface area contributed by atoms with Crippen molar-refractivity contribution in [3.8, 4) is 0 Å². The molecule has 0 saturated heterocycles. The minimum atomic E-state index is -1.69. The molecule has 1 aromatic carbocycles. The SMILES string of the molecule is COCC(O)CCNC(=O)c1ccc(F)c(F)c1F. The largest absolute Gasteiger partial charge is 0.391 e. The number of amides is 1. The average molecular weight is 277 g/mol.